The summed E-state index contributed by atoms with van der Waals surface area (Å²) in [6.07, 6.45) is 13.7. The van der Waals surface area contributed by atoms with E-state index in [-0.39, 0.29) is 6.42 Å². The van der Waals surface area contributed by atoms with Crippen LogP contribution in [0.4, 0.5) is 0 Å². The highest BCUT2D eigenvalue weighted by Gasteiger charge is 2.32. The summed E-state index contributed by atoms with van der Waals surface area (Å²) in [6, 6.07) is 0. The van der Waals surface area contributed by atoms with Gasteiger partial charge < -0.3 is 10.2 Å². The lowest BCUT2D eigenvalue weighted by atomic mass is 9.86. The van der Waals surface area contributed by atoms with Gasteiger partial charge in [0.1, 0.15) is 0 Å². The third kappa shape index (κ3) is 10.1. The van der Waals surface area contributed by atoms with Crippen molar-refractivity contribution in [2.75, 3.05) is 0 Å². The van der Waals surface area contributed by atoms with E-state index >= 15 is 0 Å². The number of hydrogen-bond donors (Lipinski definition) is 2. The van der Waals surface area contributed by atoms with E-state index in [0.717, 1.165) is 19.3 Å². The molecular weight excluding hydrogens is 268 g/mol. The zero-order valence-electron chi connectivity index (χ0n) is 13.4. The van der Waals surface area contributed by atoms with Crippen molar-refractivity contribution in [2.24, 2.45) is 5.41 Å². The van der Waals surface area contributed by atoms with Gasteiger partial charge in [0.2, 0.25) is 0 Å². The molecule has 4 heteroatoms. The Balaban J connectivity index is 3.82. The van der Waals surface area contributed by atoms with Crippen molar-refractivity contribution >= 4 is 11.9 Å². The number of hydrogen-bond acceptors (Lipinski definition) is 2. The molecule has 0 rings (SSSR count). The molecule has 0 aliphatic rings. The molecule has 0 aliphatic carbocycles. The molecule has 0 amide bonds. The van der Waals surface area contributed by atoms with Gasteiger partial charge in [-0.3, -0.25) is 9.59 Å². The molecule has 0 fully saturated rings. The smallest absolute Gasteiger partial charge is 0.313 e. The van der Waals surface area contributed by atoms with Crippen molar-refractivity contribution in [3.05, 3.63) is 12.2 Å². The van der Waals surface area contributed by atoms with Crippen LogP contribution in [0.3, 0.4) is 0 Å². The predicted octanol–water partition coefficient (Wildman–Crippen LogP) is 4.64. The van der Waals surface area contributed by atoms with Gasteiger partial charge in [-0.1, -0.05) is 64.0 Å². The quantitative estimate of drug-likeness (QED) is 0.384. The van der Waals surface area contributed by atoms with Crippen LogP contribution in [0.25, 0.3) is 0 Å². The van der Waals surface area contributed by atoms with Gasteiger partial charge in [0, 0.05) is 0 Å². The molecule has 0 saturated heterocycles. The average molecular weight is 298 g/mol. The van der Waals surface area contributed by atoms with E-state index in [9.17, 15) is 9.59 Å². The van der Waals surface area contributed by atoms with Crippen molar-refractivity contribution < 1.29 is 19.8 Å². The fraction of sp³-hybridized carbons (Fsp3) is 0.765. The summed E-state index contributed by atoms with van der Waals surface area (Å²) < 4.78 is 0. The average Bonchev–Trinajstić information content (AvgIpc) is 2.40. The van der Waals surface area contributed by atoms with Crippen LogP contribution in [0.2, 0.25) is 0 Å². The minimum atomic E-state index is -1.30. The summed E-state index contributed by atoms with van der Waals surface area (Å²) in [4.78, 5) is 21.8. The van der Waals surface area contributed by atoms with Gasteiger partial charge in [0.25, 0.3) is 0 Å². The largest absolute Gasteiger partial charge is 0.481 e. The number of carboxylic acid groups (broad SMARTS) is 2. The lowest BCUT2D eigenvalue weighted by Gasteiger charge is -2.17. The normalized spacial score (nSPS) is 14.2. The Hall–Kier alpha value is -1.32. The maximum atomic E-state index is 11.1. The van der Waals surface area contributed by atoms with Crippen LogP contribution in [-0.2, 0) is 9.59 Å². The highest BCUT2D eigenvalue weighted by atomic mass is 16.4. The highest BCUT2D eigenvalue weighted by molar-refractivity contribution is 5.82. The summed E-state index contributed by atoms with van der Waals surface area (Å²) in [6.45, 7) is 3.66. The maximum Gasteiger partial charge on any atom is 0.313 e. The molecule has 1 unspecified atom stereocenters. The molecule has 4 nitrogen and oxygen atoms in total. The molecule has 0 radical (unpaired) electrons. The lowest BCUT2D eigenvalue weighted by Crippen LogP contribution is -2.28. The van der Waals surface area contributed by atoms with Crippen LogP contribution in [0.15, 0.2) is 12.2 Å². The van der Waals surface area contributed by atoms with Gasteiger partial charge in [-0.25, -0.2) is 0 Å². The SMILES string of the molecule is CCCCCCCCCCC=CC(C)(CC(=O)O)C(=O)O. The summed E-state index contributed by atoms with van der Waals surface area (Å²) in [5.41, 5.74) is -1.30. The minimum Gasteiger partial charge on any atom is -0.481 e. The molecule has 0 bridgehead atoms. The zero-order chi connectivity index (χ0) is 16.1. The van der Waals surface area contributed by atoms with Gasteiger partial charge in [-0.05, 0) is 19.8 Å². The second-order valence-corrected chi connectivity index (χ2v) is 5.96. The fourth-order valence-corrected chi connectivity index (χ4v) is 2.26. The topological polar surface area (TPSA) is 74.6 Å². The van der Waals surface area contributed by atoms with E-state index < -0.39 is 17.4 Å². The Morgan fingerprint density at radius 3 is 1.95 bits per heavy atom. The van der Waals surface area contributed by atoms with Crippen LogP contribution in [0.1, 0.15) is 78.1 Å². The minimum absolute atomic E-state index is 0.379. The maximum absolute atomic E-state index is 11.1. The molecular formula is C17H30O4. The summed E-state index contributed by atoms with van der Waals surface area (Å²) in [5, 5.41) is 17.9. The molecule has 0 aliphatic heterocycles. The van der Waals surface area contributed by atoms with E-state index in [1.807, 2.05) is 6.08 Å². The van der Waals surface area contributed by atoms with E-state index in [0.29, 0.717) is 0 Å². The molecule has 0 saturated carbocycles. The van der Waals surface area contributed by atoms with Gasteiger partial charge >= 0.3 is 11.9 Å². The summed E-state index contributed by atoms with van der Waals surface area (Å²) >= 11 is 0. The monoisotopic (exact) mass is 298 g/mol. The van der Waals surface area contributed by atoms with E-state index in [2.05, 4.69) is 6.92 Å². The Morgan fingerprint density at radius 1 is 0.952 bits per heavy atom. The molecule has 0 aromatic heterocycles. The lowest BCUT2D eigenvalue weighted by molar-refractivity contribution is -0.151. The zero-order valence-corrected chi connectivity index (χ0v) is 13.4. The van der Waals surface area contributed by atoms with Gasteiger partial charge in [-0.15, -0.1) is 0 Å². The van der Waals surface area contributed by atoms with Crippen LogP contribution in [0, 0.1) is 5.41 Å². The third-order valence-corrected chi connectivity index (χ3v) is 3.72. The number of unbranched alkanes of at least 4 members (excludes halogenated alkanes) is 8. The number of aliphatic carboxylic acids is 2. The first-order valence-corrected chi connectivity index (χ1v) is 8.05. The van der Waals surface area contributed by atoms with E-state index in [1.54, 1.807) is 0 Å². The van der Waals surface area contributed by atoms with Gasteiger partial charge in [0.15, 0.2) is 0 Å². The van der Waals surface area contributed by atoms with Crippen molar-refractivity contribution in [1.29, 1.82) is 0 Å². The Labute approximate surface area is 128 Å². The predicted molar refractivity (Wildman–Crippen MR) is 84.4 cm³/mol. The number of rotatable bonds is 13. The van der Waals surface area contributed by atoms with Crippen LogP contribution in [-0.4, -0.2) is 22.2 Å². The molecule has 0 aromatic rings. The first-order valence-electron chi connectivity index (χ1n) is 8.05. The fourth-order valence-electron chi connectivity index (χ4n) is 2.26. The molecule has 0 spiro atoms. The number of carboxylic acids is 2. The third-order valence-electron chi connectivity index (χ3n) is 3.72. The highest BCUT2D eigenvalue weighted by Crippen LogP contribution is 2.24. The molecule has 1 atom stereocenters. The molecule has 21 heavy (non-hydrogen) atoms. The summed E-state index contributed by atoms with van der Waals surface area (Å²) in [7, 11) is 0. The number of carbonyl (C=O) groups is 2. The Kier molecular flexibility index (Phi) is 10.6. The molecule has 2 N–H and O–H groups in total. The second kappa shape index (κ2) is 11.4. The van der Waals surface area contributed by atoms with E-state index in [4.69, 9.17) is 10.2 Å². The van der Waals surface area contributed by atoms with Crippen molar-refractivity contribution in [3.63, 3.8) is 0 Å². The van der Waals surface area contributed by atoms with Gasteiger partial charge in [-0.2, -0.15) is 0 Å². The van der Waals surface area contributed by atoms with Crippen molar-refractivity contribution in [3.8, 4) is 0 Å². The Morgan fingerprint density at radius 2 is 1.48 bits per heavy atom. The van der Waals surface area contributed by atoms with Gasteiger partial charge in [0.05, 0.1) is 11.8 Å². The summed E-state index contributed by atoms with van der Waals surface area (Å²) in [5.74, 6) is -2.17. The molecule has 0 heterocycles. The van der Waals surface area contributed by atoms with Crippen LogP contribution in [0.5, 0.6) is 0 Å². The molecule has 0 aromatic carbocycles. The van der Waals surface area contributed by atoms with Crippen molar-refractivity contribution in [2.45, 2.75) is 78.1 Å². The van der Waals surface area contributed by atoms with Crippen LogP contribution >= 0.6 is 0 Å². The molecule has 122 valence electrons. The van der Waals surface area contributed by atoms with Crippen LogP contribution < -0.4 is 0 Å². The van der Waals surface area contributed by atoms with Crippen molar-refractivity contribution in [1.82, 2.24) is 0 Å². The first kappa shape index (κ1) is 19.7. The standard InChI is InChI=1S/C17H30O4/c1-3-4-5-6-7-8-9-10-11-12-13-17(2,16(20)21)14-15(18)19/h12-13H,3-11,14H2,1-2H3,(H,18,19)(H,20,21). The number of allylic oxidation sites excluding steroid dienone is 1. The van der Waals surface area contributed by atoms with E-state index in [1.165, 1.54) is 51.5 Å². The first-order chi connectivity index (χ1) is 9.92. The Bertz CT molecular complexity index is 336. The second-order valence-electron chi connectivity index (χ2n) is 5.96.